The van der Waals surface area contributed by atoms with Crippen LogP contribution in [0.4, 0.5) is 30.7 Å². The maximum atomic E-state index is 13.6. The van der Waals surface area contributed by atoms with E-state index in [0.717, 1.165) is 0 Å². The average molecular weight is 555 g/mol. The number of morpholine rings is 1. The van der Waals surface area contributed by atoms with E-state index in [1.165, 1.54) is 31.2 Å². The predicted molar refractivity (Wildman–Crippen MR) is 126 cm³/mol. The molecule has 2 unspecified atom stereocenters. The molecule has 1 aromatic heterocycles. The number of hydrogen-bond donors (Lipinski definition) is 1. The van der Waals surface area contributed by atoms with Gasteiger partial charge in [-0.2, -0.15) is 26.3 Å². The third-order valence-electron chi connectivity index (χ3n) is 6.16. The molecule has 2 aromatic carbocycles. The van der Waals surface area contributed by atoms with Crippen molar-refractivity contribution in [3.8, 4) is 11.8 Å². The first kappa shape index (κ1) is 28.6. The molecule has 1 aliphatic heterocycles. The minimum Gasteiger partial charge on any atom is -0.349 e. The molecule has 5 nitrogen and oxygen atoms in total. The fourth-order valence-electron chi connectivity index (χ4n) is 4.20. The van der Waals surface area contributed by atoms with E-state index < -0.39 is 47.7 Å². The molecule has 1 fully saturated rings. The van der Waals surface area contributed by atoms with Crippen LogP contribution in [0, 0.1) is 17.7 Å². The molecule has 39 heavy (non-hydrogen) atoms. The number of nitrogens with zero attached hydrogens (tertiary/aromatic N) is 2. The van der Waals surface area contributed by atoms with Gasteiger partial charge in [0.1, 0.15) is 11.6 Å². The van der Waals surface area contributed by atoms with Crippen LogP contribution in [0.25, 0.3) is 0 Å². The number of benzene rings is 2. The Bertz CT molecular complexity index is 1260. The quantitative estimate of drug-likeness (QED) is 0.286. The Morgan fingerprint density at radius 2 is 1.72 bits per heavy atom. The number of rotatable bonds is 6. The van der Waals surface area contributed by atoms with Gasteiger partial charge < -0.3 is 14.5 Å². The standard InChI is InChI=1S/C27H24F7N3O2/c1-17(19-14-20(26(29,30)31)16-21(15-19)27(32,33)34)39-25-24(18-5-7-22(28)8-6-18)37(12-13-38-25)11-3-2-4-23-35-9-10-36-23/h5-10,14-17,24-25H,4,11-13H2,1H3,(H,35,36)/t17-,24?,25?/m1/s1. The van der Waals surface area contributed by atoms with Crippen LogP contribution in [0.3, 0.4) is 0 Å². The molecule has 1 N–H and O–H groups in total. The maximum absolute atomic E-state index is 13.6. The summed E-state index contributed by atoms with van der Waals surface area (Å²) in [5.74, 6) is 6.25. The maximum Gasteiger partial charge on any atom is 0.416 e. The molecule has 2 heterocycles. The van der Waals surface area contributed by atoms with Crippen LogP contribution in [0.1, 0.15) is 47.1 Å². The van der Waals surface area contributed by atoms with Crippen molar-refractivity contribution in [3.63, 3.8) is 0 Å². The number of aromatic nitrogens is 2. The number of alkyl halides is 6. The van der Waals surface area contributed by atoms with Crippen molar-refractivity contribution in [2.24, 2.45) is 0 Å². The van der Waals surface area contributed by atoms with Crippen LogP contribution >= 0.6 is 0 Å². The van der Waals surface area contributed by atoms with Gasteiger partial charge in [0.15, 0.2) is 6.29 Å². The largest absolute Gasteiger partial charge is 0.416 e. The fraction of sp³-hybridized carbons (Fsp3) is 0.370. The highest BCUT2D eigenvalue weighted by atomic mass is 19.4. The number of H-pyrrole nitrogens is 1. The third-order valence-corrected chi connectivity index (χ3v) is 6.16. The van der Waals surface area contributed by atoms with Crippen LogP contribution in [0.15, 0.2) is 54.9 Å². The number of ether oxygens (including phenoxy) is 2. The molecule has 12 heteroatoms. The molecule has 0 radical (unpaired) electrons. The number of nitrogens with one attached hydrogen (secondary N) is 1. The Kier molecular flexibility index (Phi) is 8.64. The van der Waals surface area contributed by atoms with E-state index in [4.69, 9.17) is 9.47 Å². The highest BCUT2D eigenvalue weighted by molar-refractivity contribution is 5.35. The van der Waals surface area contributed by atoms with Gasteiger partial charge in [0.25, 0.3) is 0 Å². The van der Waals surface area contributed by atoms with Crippen molar-refractivity contribution in [1.29, 1.82) is 0 Å². The van der Waals surface area contributed by atoms with Crippen molar-refractivity contribution in [2.45, 2.75) is 44.1 Å². The van der Waals surface area contributed by atoms with Gasteiger partial charge in [-0.15, -0.1) is 0 Å². The van der Waals surface area contributed by atoms with E-state index in [1.54, 1.807) is 12.4 Å². The molecule has 0 bridgehead atoms. The topological polar surface area (TPSA) is 50.4 Å². The summed E-state index contributed by atoms with van der Waals surface area (Å²) in [5.41, 5.74) is -2.60. The zero-order valence-corrected chi connectivity index (χ0v) is 20.6. The van der Waals surface area contributed by atoms with Gasteiger partial charge in [-0.05, 0) is 48.4 Å². The van der Waals surface area contributed by atoms with Crippen LogP contribution < -0.4 is 0 Å². The first-order chi connectivity index (χ1) is 18.4. The molecular formula is C27H24F7N3O2. The minimum atomic E-state index is -4.99. The fourth-order valence-corrected chi connectivity index (χ4v) is 4.20. The number of aromatic amines is 1. The van der Waals surface area contributed by atoms with Gasteiger partial charge in [0.05, 0.1) is 42.8 Å². The lowest BCUT2D eigenvalue weighted by Crippen LogP contribution is -2.46. The van der Waals surface area contributed by atoms with Crippen molar-refractivity contribution in [2.75, 3.05) is 19.7 Å². The Morgan fingerprint density at radius 1 is 1.05 bits per heavy atom. The first-order valence-corrected chi connectivity index (χ1v) is 11.9. The molecule has 1 aliphatic rings. The summed E-state index contributed by atoms with van der Waals surface area (Å²) in [5, 5.41) is 0. The van der Waals surface area contributed by atoms with E-state index in [9.17, 15) is 30.7 Å². The summed E-state index contributed by atoms with van der Waals surface area (Å²) < 4.78 is 106. The van der Waals surface area contributed by atoms with Crippen molar-refractivity contribution in [1.82, 2.24) is 14.9 Å². The second-order valence-corrected chi connectivity index (χ2v) is 8.89. The molecule has 3 atom stereocenters. The lowest BCUT2D eigenvalue weighted by molar-refractivity contribution is -0.228. The van der Waals surface area contributed by atoms with Gasteiger partial charge in [0, 0.05) is 18.9 Å². The predicted octanol–water partition coefficient (Wildman–Crippen LogP) is 6.31. The smallest absolute Gasteiger partial charge is 0.349 e. The first-order valence-electron chi connectivity index (χ1n) is 11.9. The average Bonchev–Trinajstić information content (AvgIpc) is 3.40. The monoisotopic (exact) mass is 555 g/mol. The summed E-state index contributed by atoms with van der Waals surface area (Å²) in [6.45, 7) is 2.18. The number of hydrogen-bond acceptors (Lipinski definition) is 4. The van der Waals surface area contributed by atoms with Gasteiger partial charge in [0.2, 0.25) is 0 Å². The number of halogens is 7. The molecular weight excluding hydrogens is 531 g/mol. The van der Waals surface area contributed by atoms with E-state index in [2.05, 4.69) is 21.8 Å². The zero-order valence-electron chi connectivity index (χ0n) is 20.6. The van der Waals surface area contributed by atoms with E-state index >= 15 is 0 Å². The second kappa shape index (κ2) is 11.8. The van der Waals surface area contributed by atoms with E-state index in [1.807, 2.05) is 4.90 Å². The van der Waals surface area contributed by atoms with Crippen molar-refractivity contribution in [3.05, 3.63) is 88.8 Å². The molecule has 0 saturated carbocycles. The molecule has 0 spiro atoms. The highest BCUT2D eigenvalue weighted by Gasteiger charge is 2.39. The van der Waals surface area contributed by atoms with Gasteiger partial charge in [-0.3, -0.25) is 4.90 Å². The summed E-state index contributed by atoms with van der Waals surface area (Å²) in [4.78, 5) is 8.94. The molecule has 1 saturated heterocycles. The summed E-state index contributed by atoms with van der Waals surface area (Å²) >= 11 is 0. The Labute approximate surface area is 219 Å². The summed E-state index contributed by atoms with van der Waals surface area (Å²) in [6, 6.07) is 6.20. The van der Waals surface area contributed by atoms with Crippen LogP contribution in [-0.2, 0) is 28.2 Å². The van der Waals surface area contributed by atoms with Gasteiger partial charge in [-0.25, -0.2) is 9.37 Å². The second-order valence-electron chi connectivity index (χ2n) is 8.89. The van der Waals surface area contributed by atoms with Crippen LogP contribution in [0.5, 0.6) is 0 Å². The Hall–Kier alpha value is -3.40. The minimum absolute atomic E-state index is 0.0672. The van der Waals surface area contributed by atoms with Crippen LogP contribution in [-0.4, -0.2) is 40.9 Å². The lowest BCUT2D eigenvalue weighted by atomic mass is 10.0. The Balaban J connectivity index is 1.60. The summed E-state index contributed by atoms with van der Waals surface area (Å²) in [6.07, 6.45) is -8.60. The molecule has 0 aliphatic carbocycles. The molecule has 208 valence electrons. The van der Waals surface area contributed by atoms with Crippen molar-refractivity contribution < 1.29 is 40.2 Å². The highest BCUT2D eigenvalue weighted by Crippen LogP contribution is 2.39. The molecule has 3 aromatic rings. The summed E-state index contributed by atoms with van der Waals surface area (Å²) in [7, 11) is 0. The molecule has 4 rings (SSSR count). The number of imidazole rings is 1. The van der Waals surface area contributed by atoms with Crippen molar-refractivity contribution >= 4 is 0 Å². The van der Waals surface area contributed by atoms with Crippen LogP contribution in [0.2, 0.25) is 0 Å². The Morgan fingerprint density at radius 3 is 2.31 bits per heavy atom. The van der Waals surface area contributed by atoms with E-state index in [0.29, 0.717) is 36.5 Å². The zero-order chi connectivity index (χ0) is 28.2. The SMILES string of the molecule is C[C@@H](OC1OCCN(CC#CCc2ncc[nH]2)C1c1ccc(F)cc1)c1cc(C(F)(F)F)cc(C(F)(F)F)c1. The third kappa shape index (κ3) is 7.38. The van der Waals surface area contributed by atoms with E-state index in [-0.39, 0.29) is 24.8 Å². The lowest BCUT2D eigenvalue weighted by Gasteiger charge is -2.41. The molecule has 0 amide bonds. The van der Waals surface area contributed by atoms with Gasteiger partial charge >= 0.3 is 12.4 Å². The normalized spacial score (nSPS) is 19.4. The van der Waals surface area contributed by atoms with Gasteiger partial charge in [-0.1, -0.05) is 24.0 Å².